The second kappa shape index (κ2) is 17.4. The molecule has 1 saturated carbocycles. The second-order valence-corrected chi connectivity index (χ2v) is 12.7. The molecule has 0 aromatic heterocycles. The Labute approximate surface area is 279 Å². The van der Waals surface area contributed by atoms with Gasteiger partial charge in [-0.3, -0.25) is 10.1 Å². The number of likely N-dealkylation sites (N-methyl/N-ethyl adjacent to an activating group) is 1. The average Bonchev–Trinajstić information content (AvgIpc) is 3.65. The first-order chi connectivity index (χ1) is 22.9. The standard InChI is InChI=1S/C38H49N3O6/c1-40(27-37(44-2)45-3)36(42)18-21-46-20-17-29-11-9-10-28(22-29)16-19-41-25-31-23-33(24-32(31)26-41)47-38(43)39-35-15-8-7-14-34(35)30-12-5-4-6-13-30/h4-15,22,31-33,37H,16-21,23-27H2,1-3H3,(H,39,43)/t31-,32+,33-. The molecule has 47 heavy (non-hydrogen) atoms. The fraction of sp³-hybridized carbons (Fsp3) is 0.474. The van der Waals surface area contributed by atoms with E-state index in [1.54, 1.807) is 26.2 Å². The molecule has 0 spiro atoms. The number of carbonyl (C=O) groups is 2. The molecule has 3 atom stereocenters. The SMILES string of the molecule is COC(CN(C)C(=O)CCOCCc1cccc(CCN2C[C@H]3C[C@@H](OC(=O)Nc4ccccc4-c4ccccc4)C[C@H]3C2)c1)OC. The summed E-state index contributed by atoms with van der Waals surface area (Å²) in [5.41, 5.74) is 5.38. The average molecular weight is 644 g/mol. The van der Waals surface area contributed by atoms with Gasteiger partial charge in [0.15, 0.2) is 6.29 Å². The topological polar surface area (TPSA) is 89.6 Å². The summed E-state index contributed by atoms with van der Waals surface area (Å²) in [6, 6.07) is 26.6. The van der Waals surface area contributed by atoms with E-state index >= 15 is 0 Å². The number of hydrogen-bond acceptors (Lipinski definition) is 7. The van der Waals surface area contributed by atoms with E-state index in [-0.39, 0.29) is 18.1 Å². The fourth-order valence-electron chi connectivity index (χ4n) is 6.81. The Morgan fingerprint density at radius 3 is 2.28 bits per heavy atom. The van der Waals surface area contributed by atoms with E-state index < -0.39 is 6.29 Å². The smallest absolute Gasteiger partial charge is 0.411 e. The zero-order valence-corrected chi connectivity index (χ0v) is 27.9. The van der Waals surface area contributed by atoms with Gasteiger partial charge in [0.1, 0.15) is 6.10 Å². The van der Waals surface area contributed by atoms with Gasteiger partial charge in [-0.2, -0.15) is 0 Å². The molecule has 1 heterocycles. The van der Waals surface area contributed by atoms with Crippen LogP contribution in [0.2, 0.25) is 0 Å². The molecule has 1 aliphatic carbocycles. The summed E-state index contributed by atoms with van der Waals surface area (Å²) in [5.74, 6) is 1.15. The van der Waals surface area contributed by atoms with Gasteiger partial charge in [-0.25, -0.2) is 4.79 Å². The van der Waals surface area contributed by atoms with Gasteiger partial charge in [0.25, 0.3) is 0 Å². The summed E-state index contributed by atoms with van der Waals surface area (Å²) >= 11 is 0. The molecule has 3 aromatic rings. The lowest BCUT2D eigenvalue weighted by Gasteiger charge is -2.22. The molecular formula is C38H49N3O6. The quantitative estimate of drug-likeness (QED) is 0.154. The van der Waals surface area contributed by atoms with E-state index in [1.165, 1.54) is 11.1 Å². The number of ether oxygens (including phenoxy) is 4. The van der Waals surface area contributed by atoms with Crippen LogP contribution in [0.15, 0.2) is 78.9 Å². The maximum atomic E-state index is 12.8. The normalized spacial score (nSPS) is 19.1. The Morgan fingerprint density at radius 2 is 1.55 bits per heavy atom. The van der Waals surface area contributed by atoms with Crippen LogP contribution in [0.4, 0.5) is 10.5 Å². The number of nitrogens with one attached hydrogen (secondary N) is 1. The van der Waals surface area contributed by atoms with Crippen molar-refractivity contribution < 1.29 is 28.5 Å². The van der Waals surface area contributed by atoms with Crippen LogP contribution in [-0.2, 0) is 36.6 Å². The number of rotatable bonds is 16. The van der Waals surface area contributed by atoms with Crippen molar-refractivity contribution in [2.45, 2.75) is 44.5 Å². The molecule has 1 N–H and O–H groups in total. The number of likely N-dealkylation sites (tertiary alicyclic amines) is 1. The minimum atomic E-state index is -0.427. The molecule has 3 aromatic carbocycles. The third kappa shape index (κ3) is 10.1. The van der Waals surface area contributed by atoms with E-state index in [9.17, 15) is 9.59 Å². The van der Waals surface area contributed by atoms with E-state index in [0.29, 0.717) is 38.0 Å². The lowest BCUT2D eigenvalue weighted by Crippen LogP contribution is -2.36. The molecular weight excluding hydrogens is 594 g/mol. The first-order valence-electron chi connectivity index (χ1n) is 16.7. The third-order valence-corrected chi connectivity index (χ3v) is 9.38. The van der Waals surface area contributed by atoms with Gasteiger partial charge >= 0.3 is 6.09 Å². The van der Waals surface area contributed by atoms with Crippen LogP contribution in [0, 0.1) is 11.8 Å². The Bertz CT molecular complexity index is 1420. The zero-order chi connectivity index (χ0) is 33.0. The van der Waals surface area contributed by atoms with E-state index in [1.807, 2.05) is 54.6 Å². The molecule has 0 radical (unpaired) electrons. The number of benzene rings is 3. The van der Waals surface area contributed by atoms with Crippen LogP contribution in [-0.4, -0.2) is 94.9 Å². The first kappa shape index (κ1) is 34.6. The van der Waals surface area contributed by atoms with Crippen LogP contribution in [0.25, 0.3) is 11.1 Å². The van der Waals surface area contributed by atoms with Crippen molar-refractivity contribution in [3.8, 4) is 11.1 Å². The van der Waals surface area contributed by atoms with Crippen molar-refractivity contribution >= 4 is 17.7 Å². The highest BCUT2D eigenvalue weighted by atomic mass is 16.7. The van der Waals surface area contributed by atoms with Gasteiger partial charge < -0.3 is 28.7 Å². The van der Waals surface area contributed by atoms with Crippen molar-refractivity contribution in [3.63, 3.8) is 0 Å². The maximum absolute atomic E-state index is 12.8. The second-order valence-electron chi connectivity index (χ2n) is 12.7. The van der Waals surface area contributed by atoms with Gasteiger partial charge in [-0.05, 0) is 60.3 Å². The Hall–Kier alpha value is -3.76. The van der Waals surface area contributed by atoms with E-state index in [4.69, 9.17) is 18.9 Å². The van der Waals surface area contributed by atoms with E-state index in [0.717, 1.165) is 62.1 Å². The number of nitrogens with zero attached hydrogens (tertiary/aromatic N) is 2. The summed E-state index contributed by atoms with van der Waals surface area (Å²) in [7, 11) is 4.87. The van der Waals surface area contributed by atoms with Gasteiger partial charge in [0.2, 0.25) is 5.91 Å². The summed E-state index contributed by atoms with van der Waals surface area (Å²) < 4.78 is 22.0. The fourth-order valence-corrected chi connectivity index (χ4v) is 6.81. The van der Waals surface area contributed by atoms with Crippen LogP contribution in [0.1, 0.15) is 30.4 Å². The number of methoxy groups -OCH3 is 2. The number of carbonyl (C=O) groups excluding carboxylic acids is 2. The minimum absolute atomic E-state index is 0.00591. The van der Waals surface area contributed by atoms with Crippen molar-refractivity contribution in [1.82, 2.24) is 9.80 Å². The summed E-state index contributed by atoms with van der Waals surface area (Å²) in [6.45, 7) is 4.50. The highest BCUT2D eigenvalue weighted by molar-refractivity contribution is 5.91. The Kier molecular flexibility index (Phi) is 12.8. The van der Waals surface area contributed by atoms with Crippen LogP contribution >= 0.6 is 0 Å². The third-order valence-electron chi connectivity index (χ3n) is 9.38. The van der Waals surface area contributed by atoms with Crippen molar-refractivity contribution in [1.29, 1.82) is 0 Å². The zero-order valence-electron chi connectivity index (χ0n) is 27.9. The lowest BCUT2D eigenvalue weighted by atomic mass is 10.0. The molecule has 0 unspecified atom stereocenters. The maximum Gasteiger partial charge on any atom is 0.411 e. The first-order valence-corrected chi connectivity index (χ1v) is 16.7. The number of amides is 2. The molecule has 2 amide bonds. The summed E-state index contributed by atoms with van der Waals surface area (Å²) in [4.78, 5) is 29.3. The van der Waals surface area contributed by atoms with Crippen molar-refractivity contribution in [2.75, 3.05) is 66.0 Å². The molecule has 1 aliphatic heterocycles. The highest BCUT2D eigenvalue weighted by Crippen LogP contribution is 2.39. The molecule has 2 aliphatic rings. The molecule has 0 bridgehead atoms. The van der Waals surface area contributed by atoms with Gasteiger partial charge in [0, 0.05) is 46.5 Å². The van der Waals surface area contributed by atoms with Crippen molar-refractivity contribution in [2.24, 2.45) is 11.8 Å². The van der Waals surface area contributed by atoms with Crippen LogP contribution < -0.4 is 5.32 Å². The minimum Gasteiger partial charge on any atom is -0.446 e. The van der Waals surface area contributed by atoms with Gasteiger partial charge in [0.05, 0.1) is 31.9 Å². The number of para-hydroxylation sites is 1. The van der Waals surface area contributed by atoms with Crippen LogP contribution in [0.5, 0.6) is 0 Å². The lowest BCUT2D eigenvalue weighted by molar-refractivity contribution is -0.143. The molecule has 5 rings (SSSR count). The largest absolute Gasteiger partial charge is 0.446 e. The summed E-state index contributed by atoms with van der Waals surface area (Å²) in [5, 5.41) is 2.99. The highest BCUT2D eigenvalue weighted by Gasteiger charge is 2.42. The van der Waals surface area contributed by atoms with Gasteiger partial charge in [-0.1, -0.05) is 72.8 Å². The van der Waals surface area contributed by atoms with Crippen LogP contribution in [0.3, 0.4) is 0 Å². The summed E-state index contributed by atoms with van der Waals surface area (Å²) in [6.07, 6.45) is 3.16. The van der Waals surface area contributed by atoms with Crippen molar-refractivity contribution in [3.05, 3.63) is 90.0 Å². The Morgan fingerprint density at radius 1 is 0.872 bits per heavy atom. The molecule has 1 saturated heterocycles. The van der Waals surface area contributed by atoms with E-state index in [2.05, 4.69) is 34.5 Å². The number of hydrogen-bond donors (Lipinski definition) is 1. The van der Waals surface area contributed by atoms with Gasteiger partial charge in [-0.15, -0.1) is 0 Å². The molecule has 2 fully saturated rings. The Balaban J connectivity index is 0.979. The number of anilines is 1. The molecule has 9 nitrogen and oxygen atoms in total. The molecule has 9 heteroatoms. The predicted molar refractivity (Wildman–Crippen MR) is 183 cm³/mol. The predicted octanol–water partition coefficient (Wildman–Crippen LogP) is 5.88. The monoisotopic (exact) mass is 643 g/mol. The number of fused-ring (bicyclic) bond motifs is 1. The molecule has 252 valence electrons.